The van der Waals surface area contributed by atoms with Crippen molar-refractivity contribution in [3.63, 3.8) is 0 Å². The number of amides is 1. The Labute approximate surface area is 122 Å². The lowest BCUT2D eigenvalue weighted by atomic mass is 10.0. The van der Waals surface area contributed by atoms with Gasteiger partial charge in [-0.2, -0.15) is 0 Å². The summed E-state index contributed by atoms with van der Waals surface area (Å²) in [5, 5.41) is 4.07. The molecule has 0 saturated heterocycles. The first-order valence-corrected chi connectivity index (χ1v) is 7.94. The molecule has 5 heteroatoms. The fourth-order valence-corrected chi connectivity index (χ4v) is 3.65. The lowest BCUT2D eigenvalue weighted by molar-refractivity contribution is 0.0925. The first-order valence-electron chi connectivity index (χ1n) is 7.12. The topological polar surface area (TPSA) is 55.1 Å². The van der Waals surface area contributed by atoms with Gasteiger partial charge in [0.1, 0.15) is 0 Å². The predicted octanol–water partition coefficient (Wildman–Crippen LogP) is 2.98. The van der Waals surface area contributed by atoms with Crippen LogP contribution in [0, 0.1) is 0 Å². The molecular formula is C15H18N2O2S. The lowest BCUT2D eigenvalue weighted by Crippen LogP contribution is -2.24. The fourth-order valence-electron chi connectivity index (χ4n) is 2.45. The summed E-state index contributed by atoms with van der Waals surface area (Å²) in [5.74, 6) is 0.225. The fraction of sp³-hybridized carbons (Fsp3) is 0.467. The van der Waals surface area contributed by atoms with E-state index >= 15 is 0 Å². The molecule has 20 heavy (non-hydrogen) atoms. The molecule has 1 aliphatic rings. The van der Waals surface area contributed by atoms with Crippen LogP contribution in [0.5, 0.6) is 0 Å². The number of carbonyl (C=O) groups excluding carboxylic acids is 1. The zero-order chi connectivity index (χ0) is 13.8. The van der Waals surface area contributed by atoms with E-state index in [9.17, 15) is 4.79 Å². The number of hydrogen-bond donors (Lipinski definition) is 1. The average molecular weight is 290 g/mol. The minimum absolute atomic E-state index is 0.145. The number of carbonyl (C=O) groups is 1. The second-order valence-electron chi connectivity index (χ2n) is 5.02. The number of rotatable bonds is 5. The van der Waals surface area contributed by atoms with E-state index < -0.39 is 0 Å². The van der Waals surface area contributed by atoms with Crippen LogP contribution >= 0.6 is 11.3 Å². The van der Waals surface area contributed by atoms with Gasteiger partial charge in [0.15, 0.2) is 5.76 Å². The van der Waals surface area contributed by atoms with Crippen LogP contribution < -0.4 is 5.32 Å². The summed E-state index contributed by atoms with van der Waals surface area (Å²) in [7, 11) is 0. The number of aryl methyl sites for hydroxylation is 3. The maximum atomic E-state index is 11.7. The minimum Gasteiger partial charge on any atom is -0.459 e. The van der Waals surface area contributed by atoms with Crippen molar-refractivity contribution >= 4 is 17.2 Å². The van der Waals surface area contributed by atoms with Gasteiger partial charge in [-0.25, -0.2) is 4.98 Å². The van der Waals surface area contributed by atoms with Gasteiger partial charge in [0, 0.05) is 17.8 Å². The van der Waals surface area contributed by atoms with Crippen molar-refractivity contribution in [2.24, 2.45) is 0 Å². The third-order valence-corrected chi connectivity index (χ3v) is 4.71. The summed E-state index contributed by atoms with van der Waals surface area (Å²) >= 11 is 1.85. The number of hydrogen-bond acceptors (Lipinski definition) is 4. The molecular weight excluding hydrogens is 272 g/mol. The number of fused-ring (bicyclic) bond motifs is 1. The van der Waals surface area contributed by atoms with Crippen LogP contribution in [0.1, 0.15) is 45.4 Å². The molecule has 0 aliphatic heterocycles. The Kier molecular flexibility index (Phi) is 4.16. The SMILES string of the molecule is O=C(NCCCc1nc2c(s1)CCCC2)c1ccco1. The third kappa shape index (κ3) is 3.10. The van der Waals surface area contributed by atoms with E-state index in [4.69, 9.17) is 9.40 Å². The summed E-state index contributed by atoms with van der Waals surface area (Å²) in [6, 6.07) is 3.39. The van der Waals surface area contributed by atoms with E-state index in [1.54, 1.807) is 12.1 Å². The molecule has 0 spiro atoms. The summed E-state index contributed by atoms with van der Waals surface area (Å²) in [4.78, 5) is 17.8. The zero-order valence-electron chi connectivity index (χ0n) is 11.4. The largest absolute Gasteiger partial charge is 0.459 e. The Morgan fingerprint density at radius 1 is 1.40 bits per heavy atom. The van der Waals surface area contributed by atoms with E-state index in [1.165, 1.54) is 41.1 Å². The van der Waals surface area contributed by atoms with Gasteiger partial charge in [0.25, 0.3) is 5.91 Å². The molecule has 0 fully saturated rings. The predicted molar refractivity (Wildman–Crippen MR) is 78.1 cm³/mol. The average Bonchev–Trinajstić information content (AvgIpc) is 3.11. The van der Waals surface area contributed by atoms with Crippen molar-refractivity contribution in [3.8, 4) is 0 Å². The van der Waals surface area contributed by atoms with Crippen molar-refractivity contribution in [1.82, 2.24) is 10.3 Å². The third-order valence-electron chi connectivity index (χ3n) is 3.49. The Morgan fingerprint density at radius 2 is 2.30 bits per heavy atom. The number of nitrogens with one attached hydrogen (secondary N) is 1. The Bertz CT molecular complexity index is 551. The molecule has 0 radical (unpaired) electrons. The van der Waals surface area contributed by atoms with Crippen LogP contribution in [0.4, 0.5) is 0 Å². The second-order valence-corrected chi connectivity index (χ2v) is 6.19. The number of furan rings is 1. The molecule has 1 amide bonds. The first-order chi connectivity index (χ1) is 9.83. The summed E-state index contributed by atoms with van der Waals surface area (Å²) in [5.41, 5.74) is 1.32. The van der Waals surface area contributed by atoms with E-state index in [1.807, 2.05) is 11.3 Å². The Balaban J connectivity index is 1.44. The Hall–Kier alpha value is -1.62. The van der Waals surface area contributed by atoms with Gasteiger partial charge in [-0.1, -0.05) is 0 Å². The maximum Gasteiger partial charge on any atom is 0.286 e. The quantitative estimate of drug-likeness (QED) is 0.861. The van der Waals surface area contributed by atoms with Crippen LogP contribution in [0.15, 0.2) is 22.8 Å². The number of thiazole rings is 1. The number of aromatic nitrogens is 1. The highest BCUT2D eigenvalue weighted by molar-refractivity contribution is 7.11. The lowest BCUT2D eigenvalue weighted by Gasteiger charge is -2.06. The smallest absolute Gasteiger partial charge is 0.286 e. The van der Waals surface area contributed by atoms with Crippen LogP contribution in [0.25, 0.3) is 0 Å². The van der Waals surface area contributed by atoms with Gasteiger partial charge in [-0.15, -0.1) is 11.3 Å². The molecule has 0 saturated carbocycles. The molecule has 2 aromatic rings. The minimum atomic E-state index is -0.145. The molecule has 1 N–H and O–H groups in total. The molecule has 106 valence electrons. The summed E-state index contributed by atoms with van der Waals surface area (Å²) in [6.45, 7) is 0.657. The van der Waals surface area contributed by atoms with E-state index in [0.29, 0.717) is 12.3 Å². The second kappa shape index (κ2) is 6.22. The molecule has 4 nitrogen and oxygen atoms in total. The molecule has 1 aliphatic carbocycles. The standard InChI is InChI=1S/C15H18N2O2S/c18-15(12-6-4-10-19-12)16-9-3-8-14-17-11-5-1-2-7-13(11)20-14/h4,6,10H,1-3,5,7-9H2,(H,16,18). The van der Waals surface area contributed by atoms with Gasteiger partial charge in [0.2, 0.25) is 0 Å². The monoisotopic (exact) mass is 290 g/mol. The van der Waals surface area contributed by atoms with Crippen LogP contribution in [0.3, 0.4) is 0 Å². The van der Waals surface area contributed by atoms with E-state index in [0.717, 1.165) is 19.3 Å². The van der Waals surface area contributed by atoms with E-state index in [2.05, 4.69) is 5.32 Å². The summed E-state index contributed by atoms with van der Waals surface area (Å²) in [6.07, 6.45) is 8.27. The van der Waals surface area contributed by atoms with Crippen LogP contribution in [-0.2, 0) is 19.3 Å². The van der Waals surface area contributed by atoms with Crippen molar-refractivity contribution in [3.05, 3.63) is 39.7 Å². The Morgan fingerprint density at radius 3 is 3.10 bits per heavy atom. The van der Waals surface area contributed by atoms with Crippen LogP contribution in [-0.4, -0.2) is 17.4 Å². The van der Waals surface area contributed by atoms with Crippen molar-refractivity contribution < 1.29 is 9.21 Å². The van der Waals surface area contributed by atoms with Crippen molar-refractivity contribution in [1.29, 1.82) is 0 Å². The summed E-state index contributed by atoms with van der Waals surface area (Å²) < 4.78 is 5.04. The maximum absolute atomic E-state index is 11.7. The van der Waals surface area contributed by atoms with E-state index in [-0.39, 0.29) is 5.91 Å². The molecule has 0 aromatic carbocycles. The van der Waals surface area contributed by atoms with Crippen LogP contribution in [0.2, 0.25) is 0 Å². The van der Waals surface area contributed by atoms with Crippen molar-refractivity contribution in [2.75, 3.05) is 6.54 Å². The highest BCUT2D eigenvalue weighted by atomic mass is 32.1. The van der Waals surface area contributed by atoms with Gasteiger partial charge in [-0.3, -0.25) is 4.79 Å². The molecule has 0 atom stereocenters. The van der Waals surface area contributed by atoms with Gasteiger partial charge in [-0.05, 0) is 44.2 Å². The van der Waals surface area contributed by atoms with Crippen molar-refractivity contribution in [2.45, 2.75) is 38.5 Å². The van der Waals surface area contributed by atoms with Gasteiger partial charge in [0.05, 0.1) is 17.0 Å². The molecule has 0 unspecified atom stereocenters. The van der Waals surface area contributed by atoms with Gasteiger partial charge < -0.3 is 9.73 Å². The first kappa shape index (κ1) is 13.4. The molecule has 2 heterocycles. The molecule has 2 aromatic heterocycles. The van der Waals surface area contributed by atoms with Gasteiger partial charge >= 0.3 is 0 Å². The zero-order valence-corrected chi connectivity index (χ0v) is 12.2. The molecule has 3 rings (SSSR count). The normalized spacial score (nSPS) is 14.0. The highest BCUT2D eigenvalue weighted by Gasteiger charge is 2.14. The molecule has 0 bridgehead atoms. The number of nitrogens with zero attached hydrogens (tertiary/aromatic N) is 1. The highest BCUT2D eigenvalue weighted by Crippen LogP contribution is 2.27.